The molecule has 23 heavy (non-hydrogen) atoms. The smallest absolute Gasteiger partial charge is 0.222 e. The Kier molecular flexibility index (Phi) is 6.48. The second-order valence-corrected chi connectivity index (χ2v) is 8.18. The summed E-state index contributed by atoms with van der Waals surface area (Å²) in [5.41, 5.74) is 2.09. The van der Waals surface area contributed by atoms with Crippen LogP contribution in [0.1, 0.15) is 16.0 Å². The van der Waals surface area contributed by atoms with Crippen molar-refractivity contribution in [1.82, 2.24) is 0 Å². The Bertz CT molecular complexity index is 727. The molecular weight excluding hydrogens is 368 g/mol. The Morgan fingerprint density at radius 3 is 1.91 bits per heavy atom. The molecule has 0 saturated heterocycles. The monoisotopic (exact) mass is 382 g/mol. The number of aromatic nitrogens is 1. The van der Waals surface area contributed by atoms with Crippen molar-refractivity contribution in [2.75, 3.05) is 4.83 Å². The highest BCUT2D eigenvalue weighted by Gasteiger charge is 2.20. The molecule has 0 fully saturated rings. The average Bonchev–Trinajstić information content (AvgIpc) is 2.65. The summed E-state index contributed by atoms with van der Waals surface area (Å²) in [5, 5.41) is 0. The molecule has 0 aliphatic heterocycles. The lowest BCUT2D eigenvalue weighted by atomic mass is 10.2. The van der Waals surface area contributed by atoms with Crippen molar-refractivity contribution in [3.05, 3.63) is 46.5 Å². The zero-order valence-electron chi connectivity index (χ0n) is 12.5. The highest BCUT2D eigenvalue weighted by molar-refractivity contribution is 7.92. The lowest BCUT2D eigenvalue weighted by Crippen LogP contribution is -2.68. The number of sulfonamides is 1. The predicted molar refractivity (Wildman–Crippen MR) is 71.7 cm³/mol. The number of aryl methyl sites for hydroxylation is 3. The van der Waals surface area contributed by atoms with Crippen molar-refractivity contribution in [2.24, 2.45) is 0 Å². The highest BCUT2D eigenvalue weighted by Crippen LogP contribution is 2.11. The molecule has 0 saturated carbocycles. The summed E-state index contributed by atoms with van der Waals surface area (Å²) in [7, 11) is -8.45. The first kappa shape index (κ1) is 19.8. The molecule has 1 aromatic heterocycles. The summed E-state index contributed by atoms with van der Waals surface area (Å²) in [6.07, 6.45) is 1.77. The molecule has 0 aliphatic rings. The van der Waals surface area contributed by atoms with E-state index in [0.717, 1.165) is 16.0 Å². The molecule has 0 unspecified atom stereocenters. The normalized spacial score (nSPS) is 11.6. The van der Waals surface area contributed by atoms with Crippen LogP contribution in [0, 0.1) is 31.0 Å². The zero-order chi connectivity index (χ0) is 17.8. The number of rotatable bonds is 3. The first-order valence-corrected chi connectivity index (χ1v) is 9.58. The van der Waals surface area contributed by atoms with Gasteiger partial charge in [0.15, 0.2) is 11.5 Å². The van der Waals surface area contributed by atoms with Gasteiger partial charge in [-0.15, -0.1) is 10.2 Å². The third kappa shape index (κ3) is 7.22. The van der Waals surface area contributed by atoms with Crippen molar-refractivity contribution in [1.29, 1.82) is 0 Å². The van der Waals surface area contributed by atoms with Gasteiger partial charge in [0.25, 0.3) is 0 Å². The maximum absolute atomic E-state index is 12.1. The maximum atomic E-state index is 12.1. The number of halogens is 1. The number of hydrogen-bond acceptors (Lipinski definition) is 7. The summed E-state index contributed by atoms with van der Waals surface area (Å²) in [6, 6.07) is 6.77. The first-order chi connectivity index (χ1) is 10.4. The first-order valence-electron chi connectivity index (χ1n) is 6.09. The van der Waals surface area contributed by atoms with Crippen LogP contribution >= 0.6 is 11.5 Å². The molecule has 128 valence electrons. The second kappa shape index (κ2) is 7.53. The van der Waals surface area contributed by atoms with Crippen molar-refractivity contribution in [3.8, 4) is 0 Å². The molecule has 0 aliphatic carbocycles. The fraction of sp³-hybridized carbons (Fsp3) is 0.250. The third-order valence-electron chi connectivity index (χ3n) is 2.64. The lowest BCUT2D eigenvalue weighted by Gasteiger charge is -2.17. The molecule has 1 aromatic carbocycles. The second-order valence-electron chi connectivity index (χ2n) is 4.57. The van der Waals surface area contributed by atoms with Gasteiger partial charge in [-0.1, -0.05) is 22.5 Å². The van der Waals surface area contributed by atoms with Gasteiger partial charge < -0.3 is 0 Å². The number of nitrogens with zero attached hydrogens (tertiary/aromatic N) is 1. The van der Waals surface area contributed by atoms with Gasteiger partial charge in [-0.25, -0.2) is 18.6 Å². The Morgan fingerprint density at radius 1 is 1.04 bits per heavy atom. The van der Waals surface area contributed by atoms with Crippen LogP contribution in [0.3, 0.4) is 0 Å². The Hall–Kier alpha value is -1.27. The number of nitrogens with one attached hydrogen (secondary N) is 1. The van der Waals surface area contributed by atoms with Gasteiger partial charge in [-0.3, -0.25) is 0 Å². The minimum Gasteiger partial charge on any atom is -0.222 e. The quantitative estimate of drug-likeness (QED) is 0.565. The van der Waals surface area contributed by atoms with E-state index in [-0.39, 0.29) is 4.90 Å². The summed E-state index contributed by atoms with van der Waals surface area (Å²) >= 11 is 1.37. The molecule has 0 bridgehead atoms. The molecule has 11 heteroatoms. The molecule has 0 spiro atoms. The minimum atomic E-state index is -4.94. The Morgan fingerprint density at radius 2 is 1.52 bits per heavy atom. The molecule has 0 atom stereocenters. The van der Waals surface area contributed by atoms with Crippen LogP contribution in [0.5, 0.6) is 0 Å². The van der Waals surface area contributed by atoms with E-state index >= 15 is 0 Å². The molecule has 1 N–H and O–H groups in total. The van der Waals surface area contributed by atoms with Gasteiger partial charge in [-0.05, 0) is 37.0 Å². The van der Waals surface area contributed by atoms with E-state index < -0.39 is 20.3 Å². The Balaban J connectivity index is 0.000000463. The summed E-state index contributed by atoms with van der Waals surface area (Å²) < 4.78 is 59.7. The van der Waals surface area contributed by atoms with Gasteiger partial charge in [-0.2, -0.15) is 8.42 Å². The van der Waals surface area contributed by atoms with Crippen LogP contribution < -0.4 is 27.5 Å². The van der Waals surface area contributed by atoms with Crippen LogP contribution in [0.2, 0.25) is 0 Å². The molecule has 0 radical (unpaired) electrons. The molecule has 8 nitrogen and oxygen atoms in total. The third-order valence-corrected chi connectivity index (χ3v) is 5.08. The van der Waals surface area contributed by atoms with Crippen molar-refractivity contribution in [3.63, 3.8) is 0 Å². The number of benzene rings is 1. The minimum absolute atomic E-state index is 0.268. The van der Waals surface area contributed by atoms with E-state index in [0.29, 0.717) is 0 Å². The van der Waals surface area contributed by atoms with E-state index in [1.54, 1.807) is 30.5 Å². The Labute approximate surface area is 140 Å². The van der Waals surface area contributed by atoms with Gasteiger partial charge >= 0.3 is 10.0 Å². The van der Waals surface area contributed by atoms with Crippen molar-refractivity contribution in [2.45, 2.75) is 25.7 Å². The molecule has 2 rings (SSSR count). The van der Waals surface area contributed by atoms with Crippen molar-refractivity contribution >= 4 is 21.6 Å². The van der Waals surface area contributed by atoms with Crippen LogP contribution in [0.4, 0.5) is 0 Å². The van der Waals surface area contributed by atoms with Crippen LogP contribution in [0.15, 0.2) is 35.4 Å². The van der Waals surface area contributed by atoms with E-state index in [2.05, 4.69) is 4.83 Å². The molecule has 0 amide bonds. The molecule has 2 aromatic rings. The summed E-state index contributed by atoms with van der Waals surface area (Å²) in [5.74, 6) is 0. The van der Waals surface area contributed by atoms with E-state index in [9.17, 15) is 8.42 Å². The highest BCUT2D eigenvalue weighted by atomic mass is 35.7. The van der Waals surface area contributed by atoms with E-state index in [1.165, 1.54) is 15.6 Å². The molecule has 1 heterocycles. The molecular formula is C12H15ClN2O6S2. The summed E-state index contributed by atoms with van der Waals surface area (Å²) in [4.78, 5) is 3.88. The fourth-order valence-corrected chi connectivity index (χ4v) is 3.48. The van der Waals surface area contributed by atoms with E-state index in [1.807, 2.05) is 20.8 Å². The van der Waals surface area contributed by atoms with Crippen LogP contribution in [0.25, 0.3) is 0 Å². The van der Waals surface area contributed by atoms with Gasteiger partial charge in [0.05, 0.1) is 9.77 Å². The van der Waals surface area contributed by atoms with Gasteiger partial charge in [0.2, 0.25) is 6.20 Å². The lowest BCUT2D eigenvalue weighted by molar-refractivity contribution is -2.00. The van der Waals surface area contributed by atoms with Crippen LogP contribution in [-0.4, -0.2) is 8.42 Å². The number of hydrogen-bond donors (Lipinski definition) is 1. The van der Waals surface area contributed by atoms with Gasteiger partial charge in [0.1, 0.15) is 0 Å². The van der Waals surface area contributed by atoms with Crippen LogP contribution in [-0.2, 0) is 10.0 Å². The predicted octanol–water partition coefficient (Wildman–Crippen LogP) is -2.86. The standard InChI is InChI=1S/C12H15N2O2S2.ClHO4/c1-9-4-6-12(7-5-9)18(15,16)13-14-8-10(2)11(3)17-14;2-1(3,4)5/h4-8,13H,1-3H3;(H,2,3,4,5)/q+1;/p-1. The SMILES string of the molecule is Cc1ccc(S(=O)(=O)N[n+]2cc(C)c(C)s2)cc1.[O-][Cl+3]([O-])([O-])[O-]. The average molecular weight is 383 g/mol. The summed E-state index contributed by atoms with van der Waals surface area (Å²) in [6.45, 7) is 5.82. The largest absolute Gasteiger partial charge is 0.307 e. The maximum Gasteiger partial charge on any atom is 0.307 e. The zero-order valence-corrected chi connectivity index (χ0v) is 14.9. The van der Waals surface area contributed by atoms with Crippen molar-refractivity contribution < 1.29 is 41.4 Å². The van der Waals surface area contributed by atoms with Gasteiger partial charge in [0, 0.05) is 5.56 Å². The topological polar surface area (TPSA) is 142 Å². The van der Waals surface area contributed by atoms with E-state index in [4.69, 9.17) is 18.6 Å². The fourth-order valence-electron chi connectivity index (χ4n) is 1.45.